The van der Waals surface area contributed by atoms with Gasteiger partial charge in [0, 0.05) is 16.7 Å². The summed E-state index contributed by atoms with van der Waals surface area (Å²) in [4.78, 5) is 0. The van der Waals surface area contributed by atoms with Crippen molar-refractivity contribution in [2.45, 2.75) is 52.4 Å². The molecular weight excluding hydrogens is 431 g/mol. The summed E-state index contributed by atoms with van der Waals surface area (Å²) in [6, 6.07) is 8.86. The van der Waals surface area contributed by atoms with E-state index in [-0.39, 0.29) is 28.7 Å². The lowest BCUT2D eigenvalue weighted by Crippen LogP contribution is -2.08. The monoisotopic (exact) mass is 456 g/mol. The molecule has 33 heavy (non-hydrogen) atoms. The molecule has 0 bridgehead atoms. The standard InChI is InChI=1S/C28H25F5/c1-3-5-6-17-10-11-21(27(32)26(17)31)19-8-7-18-14-23(24(29)15-20(18)13-19)22-12-9-16(4-2)25(30)28(22)33/h8-12,14-15H,3-7,13H2,1-2H3. The van der Waals surface area contributed by atoms with E-state index >= 15 is 0 Å². The van der Waals surface area contributed by atoms with Gasteiger partial charge in [-0.3, -0.25) is 0 Å². The molecule has 0 aliphatic heterocycles. The molecule has 5 heteroatoms. The second-order valence-corrected chi connectivity index (χ2v) is 8.47. The fourth-order valence-corrected chi connectivity index (χ4v) is 4.40. The third kappa shape index (κ3) is 4.33. The van der Waals surface area contributed by atoms with E-state index in [2.05, 4.69) is 0 Å². The highest BCUT2D eigenvalue weighted by atomic mass is 19.2. The molecule has 0 nitrogen and oxygen atoms in total. The van der Waals surface area contributed by atoms with E-state index in [1.54, 1.807) is 25.1 Å². The molecule has 0 radical (unpaired) electrons. The second-order valence-electron chi connectivity index (χ2n) is 8.47. The average molecular weight is 456 g/mol. The Kier molecular flexibility index (Phi) is 6.68. The van der Waals surface area contributed by atoms with Gasteiger partial charge >= 0.3 is 0 Å². The Balaban J connectivity index is 1.66. The maximum atomic E-state index is 15.0. The van der Waals surface area contributed by atoms with E-state index in [0.29, 0.717) is 36.0 Å². The predicted octanol–water partition coefficient (Wildman–Crippen LogP) is 8.14. The summed E-state index contributed by atoms with van der Waals surface area (Å²) in [5.74, 6) is -4.43. The van der Waals surface area contributed by atoms with Gasteiger partial charge < -0.3 is 0 Å². The number of halogens is 5. The van der Waals surface area contributed by atoms with Crippen LogP contribution >= 0.6 is 0 Å². The van der Waals surface area contributed by atoms with Gasteiger partial charge in [-0.25, -0.2) is 22.0 Å². The normalized spacial score (nSPS) is 13.1. The minimum Gasteiger partial charge on any atom is -0.206 e. The summed E-state index contributed by atoms with van der Waals surface area (Å²) in [5, 5.41) is 0. The Morgan fingerprint density at radius 1 is 0.697 bits per heavy atom. The van der Waals surface area contributed by atoms with Crippen molar-refractivity contribution in [1.82, 2.24) is 0 Å². The van der Waals surface area contributed by atoms with Crippen LogP contribution in [0, 0.1) is 29.1 Å². The molecule has 0 spiro atoms. The third-order valence-corrected chi connectivity index (χ3v) is 6.38. The van der Waals surface area contributed by atoms with Crippen LogP contribution < -0.4 is 0 Å². The zero-order valence-electron chi connectivity index (χ0n) is 18.7. The molecule has 0 aromatic heterocycles. The van der Waals surface area contributed by atoms with E-state index < -0.39 is 29.1 Å². The Hall–Kier alpha value is -2.95. The lowest BCUT2D eigenvalue weighted by atomic mass is 9.85. The van der Waals surface area contributed by atoms with Crippen LogP contribution in [0.5, 0.6) is 0 Å². The lowest BCUT2D eigenvalue weighted by Gasteiger charge is -2.20. The van der Waals surface area contributed by atoms with E-state index in [1.807, 2.05) is 6.92 Å². The highest BCUT2D eigenvalue weighted by Gasteiger charge is 2.23. The van der Waals surface area contributed by atoms with Crippen LogP contribution in [0.25, 0.3) is 16.7 Å². The van der Waals surface area contributed by atoms with E-state index in [1.165, 1.54) is 24.3 Å². The number of rotatable bonds is 6. The number of unbranched alkanes of at least 4 members (excludes halogenated alkanes) is 1. The zero-order valence-corrected chi connectivity index (χ0v) is 18.7. The van der Waals surface area contributed by atoms with Crippen LogP contribution in [0.15, 0.2) is 42.5 Å². The van der Waals surface area contributed by atoms with Gasteiger partial charge in [0.05, 0.1) is 0 Å². The molecule has 0 N–H and O–H groups in total. The van der Waals surface area contributed by atoms with Crippen molar-refractivity contribution in [1.29, 1.82) is 0 Å². The molecular formula is C28H25F5. The number of hydrogen-bond donors (Lipinski definition) is 0. The zero-order chi connectivity index (χ0) is 23.7. The van der Waals surface area contributed by atoms with Gasteiger partial charge in [-0.2, -0.15) is 0 Å². The highest BCUT2D eigenvalue weighted by molar-refractivity contribution is 5.74. The van der Waals surface area contributed by atoms with Crippen molar-refractivity contribution in [3.8, 4) is 11.1 Å². The minimum absolute atomic E-state index is 0.0119. The molecule has 0 atom stereocenters. The maximum absolute atomic E-state index is 15.0. The van der Waals surface area contributed by atoms with E-state index in [9.17, 15) is 22.0 Å². The van der Waals surface area contributed by atoms with Crippen molar-refractivity contribution in [3.63, 3.8) is 0 Å². The van der Waals surface area contributed by atoms with E-state index in [0.717, 1.165) is 18.4 Å². The predicted molar refractivity (Wildman–Crippen MR) is 121 cm³/mol. The molecule has 0 saturated carbocycles. The number of hydrogen-bond acceptors (Lipinski definition) is 0. The third-order valence-electron chi connectivity index (χ3n) is 6.38. The maximum Gasteiger partial charge on any atom is 0.167 e. The van der Waals surface area contributed by atoms with Crippen LogP contribution in [0.4, 0.5) is 22.0 Å². The van der Waals surface area contributed by atoms with Gasteiger partial charge in [0.25, 0.3) is 0 Å². The van der Waals surface area contributed by atoms with E-state index in [4.69, 9.17) is 0 Å². The first-order valence-electron chi connectivity index (χ1n) is 11.3. The van der Waals surface area contributed by atoms with Gasteiger partial charge in [0.15, 0.2) is 23.3 Å². The molecule has 1 aliphatic carbocycles. The molecule has 0 saturated heterocycles. The van der Waals surface area contributed by atoms with Crippen LogP contribution in [-0.4, -0.2) is 0 Å². The number of benzene rings is 3. The summed E-state index contributed by atoms with van der Waals surface area (Å²) < 4.78 is 73.1. The summed E-state index contributed by atoms with van der Waals surface area (Å²) in [6.07, 6.45) is 4.84. The van der Waals surface area contributed by atoms with Crippen molar-refractivity contribution < 1.29 is 22.0 Å². The van der Waals surface area contributed by atoms with Crippen LogP contribution in [0.1, 0.15) is 54.5 Å². The Bertz CT molecular complexity index is 1240. The number of aryl methyl sites for hydroxylation is 2. The van der Waals surface area contributed by atoms with Crippen molar-refractivity contribution in [2.24, 2.45) is 0 Å². The SMILES string of the molecule is CCCCc1ccc(C2=CCc3cc(-c4ccc(CC)c(F)c4F)c(F)cc3C2)c(F)c1F. The molecule has 172 valence electrons. The highest BCUT2D eigenvalue weighted by Crippen LogP contribution is 2.36. The van der Waals surface area contributed by atoms with Gasteiger partial charge in [0.1, 0.15) is 5.82 Å². The Morgan fingerprint density at radius 2 is 1.36 bits per heavy atom. The minimum atomic E-state index is -1.07. The summed E-state index contributed by atoms with van der Waals surface area (Å²) in [7, 11) is 0. The van der Waals surface area contributed by atoms with Crippen LogP contribution in [0.3, 0.4) is 0 Å². The summed E-state index contributed by atoms with van der Waals surface area (Å²) >= 11 is 0. The molecule has 1 aliphatic rings. The summed E-state index contributed by atoms with van der Waals surface area (Å²) in [6.45, 7) is 3.71. The number of fused-ring (bicyclic) bond motifs is 1. The van der Waals surface area contributed by atoms with Crippen molar-refractivity contribution in [2.75, 3.05) is 0 Å². The fraction of sp³-hybridized carbons (Fsp3) is 0.286. The first kappa shape index (κ1) is 23.2. The van der Waals surface area contributed by atoms with Crippen molar-refractivity contribution in [3.05, 3.63) is 99.4 Å². The van der Waals surface area contributed by atoms with Crippen LogP contribution in [-0.2, 0) is 25.7 Å². The molecule has 0 unspecified atom stereocenters. The molecule has 0 heterocycles. The fourth-order valence-electron chi connectivity index (χ4n) is 4.40. The van der Waals surface area contributed by atoms with Gasteiger partial charge in [-0.15, -0.1) is 0 Å². The molecule has 0 fully saturated rings. The van der Waals surface area contributed by atoms with Gasteiger partial charge in [-0.1, -0.05) is 50.6 Å². The number of allylic oxidation sites excluding steroid dienone is 2. The quantitative estimate of drug-likeness (QED) is 0.329. The molecule has 4 rings (SSSR count). The molecule has 0 amide bonds. The average Bonchev–Trinajstić information content (AvgIpc) is 2.81. The smallest absolute Gasteiger partial charge is 0.167 e. The van der Waals surface area contributed by atoms with Crippen molar-refractivity contribution >= 4 is 5.57 Å². The second kappa shape index (κ2) is 9.50. The molecule has 3 aromatic carbocycles. The first-order chi connectivity index (χ1) is 15.8. The molecule has 3 aromatic rings. The Labute approximate surface area is 190 Å². The first-order valence-corrected chi connectivity index (χ1v) is 11.3. The van der Waals surface area contributed by atoms with Gasteiger partial charge in [-0.05, 0) is 72.1 Å². The lowest BCUT2D eigenvalue weighted by molar-refractivity contribution is 0.494. The van der Waals surface area contributed by atoms with Gasteiger partial charge in [0.2, 0.25) is 0 Å². The topological polar surface area (TPSA) is 0 Å². The summed E-state index contributed by atoms with van der Waals surface area (Å²) in [5.41, 5.74) is 2.57. The Morgan fingerprint density at radius 3 is 2.09 bits per heavy atom. The largest absolute Gasteiger partial charge is 0.206 e. The van der Waals surface area contributed by atoms with Crippen LogP contribution in [0.2, 0.25) is 0 Å².